The van der Waals surface area contributed by atoms with E-state index in [-0.39, 0.29) is 16.5 Å². The molecule has 0 fully saturated rings. The Bertz CT molecular complexity index is 86.5. The number of rotatable bonds is 5. The van der Waals surface area contributed by atoms with Gasteiger partial charge < -0.3 is 14.5 Å². The second kappa shape index (κ2) is 8.75. The maximum Gasteiger partial charge on any atom is 0.347 e. The Morgan fingerprint density at radius 1 is 1.55 bits per heavy atom. The van der Waals surface area contributed by atoms with E-state index in [0.29, 0.717) is 6.54 Å². The maximum absolute atomic E-state index is 8.75. The van der Waals surface area contributed by atoms with E-state index >= 15 is 0 Å². The van der Waals surface area contributed by atoms with Crippen LogP contribution < -0.4 is 0 Å². The van der Waals surface area contributed by atoms with Crippen LogP contribution in [0.2, 0.25) is 0 Å². The van der Waals surface area contributed by atoms with Gasteiger partial charge in [0.15, 0.2) is 0 Å². The Labute approximate surface area is 70.9 Å². The van der Waals surface area contributed by atoms with Crippen LogP contribution in [-0.2, 0) is 9.15 Å². The van der Waals surface area contributed by atoms with Gasteiger partial charge in [-0.1, -0.05) is 0 Å². The first-order chi connectivity index (χ1) is 4.70. The smallest absolute Gasteiger partial charge is 0.347 e. The van der Waals surface area contributed by atoms with E-state index in [0.717, 1.165) is 0 Å². The van der Waals surface area contributed by atoms with Crippen LogP contribution in [0, 0.1) is 0 Å². The van der Waals surface area contributed by atoms with Crippen molar-refractivity contribution < 1.29 is 19.1 Å². The predicted molar refractivity (Wildman–Crippen MR) is 48.1 cm³/mol. The van der Waals surface area contributed by atoms with E-state index in [1.807, 2.05) is 0 Å². The second-order valence-corrected chi connectivity index (χ2v) is 2.58. The summed E-state index contributed by atoms with van der Waals surface area (Å²) in [4.78, 5) is 8.75. The van der Waals surface area contributed by atoms with Crippen LogP contribution in [0.4, 0.5) is 0 Å². The van der Waals surface area contributed by atoms with Gasteiger partial charge in [-0.2, -0.15) is 15.0 Å². The van der Waals surface area contributed by atoms with E-state index in [1.54, 1.807) is 7.05 Å². The number of hydrogen-bond acceptors (Lipinski definition) is 5. The highest BCUT2D eigenvalue weighted by molar-refractivity contribution is 7.40. The van der Waals surface area contributed by atoms with E-state index in [1.165, 1.54) is 12.2 Å². The molecular formula is C4H15NO4P2. The summed E-state index contributed by atoms with van der Waals surface area (Å²) in [6, 6.07) is 0. The summed E-state index contributed by atoms with van der Waals surface area (Å²) in [6.45, 7) is 0.339. The van der Waals surface area contributed by atoms with E-state index in [9.17, 15) is 0 Å². The maximum atomic E-state index is 8.75. The van der Waals surface area contributed by atoms with Gasteiger partial charge in [0, 0.05) is 20.7 Å². The number of hydroxylamine groups is 2. The van der Waals surface area contributed by atoms with Crippen molar-refractivity contribution in [1.82, 2.24) is 5.06 Å². The highest BCUT2D eigenvalue weighted by Gasteiger charge is 2.07. The van der Waals surface area contributed by atoms with Crippen molar-refractivity contribution >= 4 is 18.5 Å². The zero-order chi connectivity index (χ0) is 7.98. The summed E-state index contributed by atoms with van der Waals surface area (Å²) in [5.41, 5.74) is 0. The average molecular weight is 203 g/mol. The number of aliphatic hydroxyl groups excluding tert-OH is 1. The van der Waals surface area contributed by atoms with Gasteiger partial charge in [0.25, 0.3) is 0 Å². The number of aliphatic hydroxyl groups is 1. The zero-order valence-electron chi connectivity index (χ0n) is 6.73. The van der Waals surface area contributed by atoms with E-state index < -0.39 is 8.60 Å². The van der Waals surface area contributed by atoms with Crippen LogP contribution >= 0.6 is 18.5 Å². The Hall–Kier alpha value is 0.660. The molecule has 0 amide bonds. The van der Waals surface area contributed by atoms with Crippen LogP contribution in [0.15, 0.2) is 0 Å². The van der Waals surface area contributed by atoms with Crippen LogP contribution in [0.1, 0.15) is 0 Å². The molecule has 11 heavy (non-hydrogen) atoms. The van der Waals surface area contributed by atoms with Crippen molar-refractivity contribution in [3.63, 3.8) is 0 Å². The third-order valence-electron chi connectivity index (χ3n) is 0.780. The molecule has 2 N–H and O–H groups in total. The summed E-state index contributed by atoms with van der Waals surface area (Å²) in [6.07, 6.45) is 0. The Morgan fingerprint density at radius 3 is 2.45 bits per heavy atom. The molecule has 0 spiro atoms. The van der Waals surface area contributed by atoms with Gasteiger partial charge in [-0.15, -0.1) is 0 Å². The molecule has 0 heterocycles. The fraction of sp³-hybridized carbons (Fsp3) is 1.00. The first-order valence-corrected chi connectivity index (χ1v) is 3.87. The SMILES string of the molecule is COP(O)ON(C)CCO.P. The first-order valence-electron chi connectivity index (χ1n) is 2.74. The summed E-state index contributed by atoms with van der Waals surface area (Å²) in [5, 5.41) is 9.70. The van der Waals surface area contributed by atoms with Crippen molar-refractivity contribution in [2.45, 2.75) is 0 Å². The monoisotopic (exact) mass is 203 g/mol. The van der Waals surface area contributed by atoms with Gasteiger partial charge >= 0.3 is 8.60 Å². The molecule has 0 aliphatic carbocycles. The molecule has 0 aromatic heterocycles. The summed E-state index contributed by atoms with van der Waals surface area (Å²) in [5.74, 6) is 0. The first kappa shape index (κ1) is 14.2. The fourth-order valence-electron chi connectivity index (χ4n) is 0.334. The highest BCUT2D eigenvalue weighted by Crippen LogP contribution is 2.31. The van der Waals surface area contributed by atoms with Gasteiger partial charge in [0.05, 0.1) is 6.61 Å². The molecule has 0 aromatic rings. The molecule has 0 saturated heterocycles. The summed E-state index contributed by atoms with van der Waals surface area (Å²) < 4.78 is 9.15. The van der Waals surface area contributed by atoms with Gasteiger partial charge in [0.1, 0.15) is 0 Å². The topological polar surface area (TPSA) is 62.2 Å². The molecule has 0 aromatic carbocycles. The highest BCUT2D eigenvalue weighted by atomic mass is 31.2. The molecule has 7 heteroatoms. The van der Waals surface area contributed by atoms with Crippen LogP contribution in [0.3, 0.4) is 0 Å². The van der Waals surface area contributed by atoms with Gasteiger partial charge in [0.2, 0.25) is 0 Å². The van der Waals surface area contributed by atoms with Crippen LogP contribution in [0.5, 0.6) is 0 Å². The minimum atomic E-state index is -1.81. The lowest BCUT2D eigenvalue weighted by Gasteiger charge is -2.16. The van der Waals surface area contributed by atoms with Gasteiger partial charge in [-0.25, -0.2) is 4.62 Å². The van der Waals surface area contributed by atoms with Crippen LogP contribution in [-0.4, -0.2) is 42.4 Å². The molecule has 0 saturated carbocycles. The third-order valence-corrected chi connectivity index (χ3v) is 1.51. The molecule has 5 nitrogen and oxygen atoms in total. The standard InChI is InChI=1S/C4H12NO4P.H3P/c1-5(3-4-6)9-10(7)8-2;/h6-7H,3-4H2,1-2H3;1H3. The molecule has 0 rings (SSSR count). The molecule has 0 aliphatic heterocycles. The molecule has 0 aliphatic rings. The van der Waals surface area contributed by atoms with Crippen molar-refractivity contribution in [2.75, 3.05) is 27.3 Å². The molecule has 0 bridgehead atoms. The normalized spacial score (nSPS) is 12.8. The molecule has 0 radical (unpaired) electrons. The second-order valence-electron chi connectivity index (χ2n) is 1.58. The third kappa shape index (κ3) is 8.57. The average Bonchev–Trinajstić information content (AvgIpc) is 1.88. The Kier molecular flexibility index (Phi) is 11.3. The molecular weight excluding hydrogens is 188 g/mol. The lowest BCUT2D eigenvalue weighted by Crippen LogP contribution is -2.20. The summed E-state index contributed by atoms with van der Waals surface area (Å²) >= 11 is 0. The van der Waals surface area contributed by atoms with Gasteiger partial charge in [-0.05, 0) is 0 Å². The van der Waals surface area contributed by atoms with E-state index in [2.05, 4.69) is 4.52 Å². The van der Waals surface area contributed by atoms with Gasteiger partial charge in [-0.3, -0.25) is 0 Å². The number of likely N-dealkylation sites (N-methyl/N-ethyl adjacent to an activating group) is 1. The Morgan fingerprint density at radius 2 is 2.09 bits per heavy atom. The number of hydrogen-bond donors (Lipinski definition) is 2. The zero-order valence-corrected chi connectivity index (χ0v) is 9.04. The van der Waals surface area contributed by atoms with Crippen molar-refractivity contribution in [2.24, 2.45) is 0 Å². The van der Waals surface area contributed by atoms with Crippen molar-refractivity contribution in [1.29, 1.82) is 0 Å². The quantitative estimate of drug-likeness (QED) is 0.477. The van der Waals surface area contributed by atoms with Crippen molar-refractivity contribution in [3.8, 4) is 0 Å². The minimum Gasteiger partial charge on any atom is -0.395 e. The van der Waals surface area contributed by atoms with E-state index in [4.69, 9.17) is 14.6 Å². The molecule has 2 atom stereocenters. The predicted octanol–water partition coefficient (Wildman–Crippen LogP) is -0.234. The number of nitrogens with zero attached hydrogens (tertiary/aromatic N) is 1. The molecule has 70 valence electrons. The molecule has 2 unspecified atom stereocenters. The summed E-state index contributed by atoms with van der Waals surface area (Å²) in [7, 11) is 1.13. The lowest BCUT2D eigenvalue weighted by molar-refractivity contribution is -0.0541. The van der Waals surface area contributed by atoms with Crippen molar-refractivity contribution in [3.05, 3.63) is 0 Å². The fourth-order valence-corrected chi connectivity index (χ4v) is 0.721. The minimum absolute atomic E-state index is 0. The largest absolute Gasteiger partial charge is 0.395 e. The van der Waals surface area contributed by atoms with Crippen LogP contribution in [0.25, 0.3) is 0 Å². The Balaban J connectivity index is 0. The lowest BCUT2D eigenvalue weighted by atomic mass is 10.7.